The van der Waals surface area contributed by atoms with Crippen LogP contribution in [0.2, 0.25) is 0 Å². The van der Waals surface area contributed by atoms with E-state index in [9.17, 15) is 13.6 Å². The molecular formula is C14H9F2N3O. The highest BCUT2D eigenvalue weighted by Crippen LogP contribution is 2.24. The number of hydrogen-bond acceptors (Lipinski definition) is 3. The lowest BCUT2D eigenvalue weighted by atomic mass is 10.1. The minimum Gasteiger partial charge on any atom is -0.366 e. The van der Waals surface area contributed by atoms with Crippen LogP contribution in [0, 0.1) is 23.0 Å². The third-order valence-corrected chi connectivity index (χ3v) is 2.61. The van der Waals surface area contributed by atoms with Gasteiger partial charge in [0.2, 0.25) is 5.91 Å². The van der Waals surface area contributed by atoms with Gasteiger partial charge in [0.25, 0.3) is 0 Å². The predicted molar refractivity (Wildman–Crippen MR) is 69.3 cm³/mol. The topological polar surface area (TPSA) is 78.9 Å². The molecule has 0 radical (unpaired) electrons. The van der Waals surface area contributed by atoms with Crippen LogP contribution in [-0.2, 0) is 0 Å². The number of amides is 1. The fourth-order valence-electron chi connectivity index (χ4n) is 1.62. The molecule has 0 saturated carbocycles. The Morgan fingerprint density at radius 2 is 1.70 bits per heavy atom. The highest BCUT2D eigenvalue weighted by molar-refractivity contribution is 5.93. The van der Waals surface area contributed by atoms with Gasteiger partial charge in [-0.25, -0.2) is 8.78 Å². The molecule has 0 spiro atoms. The lowest BCUT2D eigenvalue weighted by Gasteiger charge is -2.09. The SMILES string of the molecule is N#Cc1cc(F)c(Nc2ccc(C(N)=O)cc2)c(F)c1. The van der Waals surface area contributed by atoms with E-state index in [1.165, 1.54) is 24.3 Å². The van der Waals surface area contributed by atoms with Gasteiger partial charge in [0, 0.05) is 11.3 Å². The second kappa shape index (κ2) is 5.36. The van der Waals surface area contributed by atoms with Gasteiger partial charge in [0.15, 0.2) is 11.6 Å². The molecule has 0 aliphatic carbocycles. The predicted octanol–water partition coefficient (Wildman–Crippen LogP) is 2.68. The number of nitrogens with two attached hydrogens (primary N) is 1. The van der Waals surface area contributed by atoms with E-state index in [1.54, 1.807) is 6.07 Å². The Kier molecular flexibility index (Phi) is 3.62. The summed E-state index contributed by atoms with van der Waals surface area (Å²) in [4.78, 5) is 10.9. The van der Waals surface area contributed by atoms with Gasteiger partial charge in [-0.05, 0) is 36.4 Å². The highest BCUT2D eigenvalue weighted by atomic mass is 19.1. The van der Waals surface area contributed by atoms with E-state index in [-0.39, 0.29) is 16.8 Å². The zero-order chi connectivity index (χ0) is 14.7. The van der Waals surface area contributed by atoms with E-state index < -0.39 is 17.5 Å². The third-order valence-electron chi connectivity index (χ3n) is 2.61. The number of carbonyl (C=O) groups is 1. The van der Waals surface area contributed by atoms with Crippen LogP contribution in [0.25, 0.3) is 0 Å². The maximum Gasteiger partial charge on any atom is 0.248 e. The Morgan fingerprint density at radius 3 is 2.15 bits per heavy atom. The lowest BCUT2D eigenvalue weighted by molar-refractivity contribution is 0.100. The van der Waals surface area contributed by atoms with Crippen molar-refractivity contribution in [3.05, 3.63) is 59.2 Å². The quantitative estimate of drug-likeness (QED) is 0.902. The van der Waals surface area contributed by atoms with Crippen molar-refractivity contribution in [1.29, 1.82) is 5.26 Å². The summed E-state index contributed by atoms with van der Waals surface area (Å²) in [6.45, 7) is 0. The van der Waals surface area contributed by atoms with Gasteiger partial charge in [-0.2, -0.15) is 5.26 Å². The number of anilines is 2. The van der Waals surface area contributed by atoms with Gasteiger partial charge in [-0.3, -0.25) is 4.79 Å². The number of primary amides is 1. The Hall–Kier alpha value is -2.94. The normalized spacial score (nSPS) is 9.85. The number of benzene rings is 2. The number of hydrogen-bond donors (Lipinski definition) is 2. The maximum atomic E-state index is 13.7. The summed E-state index contributed by atoms with van der Waals surface area (Å²) in [5.41, 5.74) is 5.29. The molecule has 2 aromatic rings. The van der Waals surface area contributed by atoms with Crippen LogP contribution < -0.4 is 11.1 Å². The van der Waals surface area contributed by atoms with E-state index in [4.69, 9.17) is 11.0 Å². The second-order valence-electron chi connectivity index (χ2n) is 3.99. The van der Waals surface area contributed by atoms with Crippen molar-refractivity contribution in [2.75, 3.05) is 5.32 Å². The van der Waals surface area contributed by atoms with Crippen LogP contribution in [0.5, 0.6) is 0 Å². The summed E-state index contributed by atoms with van der Waals surface area (Å²) in [5, 5.41) is 11.1. The number of halogens is 2. The van der Waals surface area contributed by atoms with Crippen LogP contribution in [0.1, 0.15) is 15.9 Å². The van der Waals surface area contributed by atoms with E-state index >= 15 is 0 Å². The highest BCUT2D eigenvalue weighted by Gasteiger charge is 2.11. The van der Waals surface area contributed by atoms with Gasteiger partial charge in [0.05, 0.1) is 11.6 Å². The smallest absolute Gasteiger partial charge is 0.248 e. The first-order valence-electron chi connectivity index (χ1n) is 5.57. The summed E-state index contributed by atoms with van der Waals surface area (Å²) in [7, 11) is 0. The molecule has 0 bridgehead atoms. The molecule has 0 heterocycles. The van der Waals surface area contributed by atoms with Crippen LogP contribution >= 0.6 is 0 Å². The number of nitrogens with zero attached hydrogens (tertiary/aromatic N) is 1. The average Bonchev–Trinajstić information content (AvgIpc) is 2.43. The Balaban J connectivity index is 2.31. The van der Waals surface area contributed by atoms with Gasteiger partial charge < -0.3 is 11.1 Å². The maximum absolute atomic E-state index is 13.7. The fourth-order valence-corrected chi connectivity index (χ4v) is 1.62. The standard InChI is InChI=1S/C14H9F2N3O/c15-11-5-8(7-17)6-12(16)13(11)19-10-3-1-9(2-4-10)14(18)20/h1-6,19H,(H2,18,20). The summed E-state index contributed by atoms with van der Waals surface area (Å²) in [5.74, 6) is -2.34. The number of nitrogens with one attached hydrogen (secondary N) is 1. The molecule has 20 heavy (non-hydrogen) atoms. The van der Waals surface area contributed by atoms with Crippen molar-refractivity contribution >= 4 is 17.3 Å². The van der Waals surface area contributed by atoms with E-state index in [2.05, 4.69) is 5.32 Å². The first-order valence-corrected chi connectivity index (χ1v) is 5.57. The number of rotatable bonds is 3. The molecule has 2 aromatic carbocycles. The van der Waals surface area contributed by atoms with E-state index in [0.29, 0.717) is 5.69 Å². The van der Waals surface area contributed by atoms with Gasteiger partial charge in [0.1, 0.15) is 5.69 Å². The molecule has 0 saturated heterocycles. The van der Waals surface area contributed by atoms with Crippen molar-refractivity contribution in [2.24, 2.45) is 5.73 Å². The minimum absolute atomic E-state index is 0.102. The number of nitriles is 1. The molecule has 0 unspecified atom stereocenters. The molecule has 4 nitrogen and oxygen atoms in total. The van der Waals surface area contributed by atoms with E-state index in [0.717, 1.165) is 12.1 Å². The molecule has 0 aliphatic heterocycles. The Morgan fingerprint density at radius 1 is 1.15 bits per heavy atom. The van der Waals surface area contributed by atoms with Crippen molar-refractivity contribution in [1.82, 2.24) is 0 Å². The minimum atomic E-state index is -0.875. The van der Waals surface area contributed by atoms with Crippen LogP contribution in [0.3, 0.4) is 0 Å². The Bertz CT molecular complexity index is 682. The molecule has 6 heteroatoms. The molecule has 0 aromatic heterocycles. The molecule has 0 atom stereocenters. The van der Waals surface area contributed by atoms with Crippen molar-refractivity contribution in [3.8, 4) is 6.07 Å². The molecule has 0 fully saturated rings. The molecule has 3 N–H and O–H groups in total. The Labute approximate surface area is 113 Å². The first-order chi connectivity index (χ1) is 9.51. The number of carbonyl (C=O) groups excluding carboxylic acids is 1. The van der Waals surface area contributed by atoms with Gasteiger partial charge >= 0.3 is 0 Å². The molecular weight excluding hydrogens is 264 g/mol. The first kappa shape index (κ1) is 13.5. The van der Waals surface area contributed by atoms with Crippen molar-refractivity contribution in [2.45, 2.75) is 0 Å². The summed E-state index contributed by atoms with van der Waals surface area (Å²) < 4.78 is 27.3. The fraction of sp³-hybridized carbons (Fsp3) is 0. The summed E-state index contributed by atoms with van der Waals surface area (Å²) in [6.07, 6.45) is 0. The van der Waals surface area contributed by atoms with Crippen molar-refractivity contribution < 1.29 is 13.6 Å². The molecule has 0 aliphatic rings. The largest absolute Gasteiger partial charge is 0.366 e. The summed E-state index contributed by atoms with van der Waals surface area (Å²) in [6, 6.07) is 9.34. The zero-order valence-corrected chi connectivity index (χ0v) is 10.2. The zero-order valence-electron chi connectivity index (χ0n) is 10.2. The molecule has 100 valence electrons. The van der Waals surface area contributed by atoms with Gasteiger partial charge in [-0.1, -0.05) is 0 Å². The monoisotopic (exact) mass is 273 g/mol. The van der Waals surface area contributed by atoms with Gasteiger partial charge in [-0.15, -0.1) is 0 Å². The second-order valence-corrected chi connectivity index (χ2v) is 3.99. The van der Waals surface area contributed by atoms with Crippen molar-refractivity contribution in [3.63, 3.8) is 0 Å². The van der Waals surface area contributed by atoms with E-state index in [1.807, 2.05) is 0 Å². The average molecular weight is 273 g/mol. The third kappa shape index (κ3) is 2.72. The molecule has 1 amide bonds. The summed E-state index contributed by atoms with van der Waals surface area (Å²) >= 11 is 0. The lowest BCUT2D eigenvalue weighted by Crippen LogP contribution is -2.10. The molecule has 2 rings (SSSR count). The van der Waals surface area contributed by atoms with Crippen LogP contribution in [0.4, 0.5) is 20.2 Å². The van der Waals surface area contributed by atoms with Crippen LogP contribution in [-0.4, -0.2) is 5.91 Å². The van der Waals surface area contributed by atoms with Crippen LogP contribution in [0.15, 0.2) is 36.4 Å².